The van der Waals surface area contributed by atoms with E-state index < -0.39 is 12.6 Å². The highest BCUT2D eigenvalue weighted by molar-refractivity contribution is 6.06. The zero-order valence-corrected chi connectivity index (χ0v) is 23.0. The van der Waals surface area contributed by atoms with Crippen LogP contribution in [-0.2, 0) is 11.2 Å². The number of aryl methyl sites for hydroxylation is 1. The number of anilines is 2. The normalized spacial score (nSPS) is 13.6. The number of amides is 1. The molecule has 3 aromatic rings. The van der Waals surface area contributed by atoms with Gasteiger partial charge in [-0.15, -0.1) is 12.4 Å². The SMILES string of the molecule is Cc1ccc(C(=O)Cc2cccc(OCC(=O)O)c2NC(=O)c2ccc(N3CCCN(C)CC3)cc2)cc1.Cl. The monoisotopic (exact) mass is 551 g/mol. The fourth-order valence-electron chi connectivity index (χ4n) is 4.45. The molecule has 0 spiro atoms. The predicted molar refractivity (Wildman–Crippen MR) is 155 cm³/mol. The van der Waals surface area contributed by atoms with Gasteiger partial charge in [-0.2, -0.15) is 0 Å². The molecule has 1 aliphatic rings. The van der Waals surface area contributed by atoms with Crippen LogP contribution in [0.3, 0.4) is 0 Å². The number of ether oxygens (including phenoxy) is 1. The van der Waals surface area contributed by atoms with Gasteiger partial charge in [0.1, 0.15) is 5.75 Å². The zero-order chi connectivity index (χ0) is 27.1. The van der Waals surface area contributed by atoms with E-state index >= 15 is 0 Å². The van der Waals surface area contributed by atoms with Crippen LogP contribution in [0.25, 0.3) is 0 Å². The standard InChI is InChI=1S/C30H33N3O5.ClH/c1-21-7-9-22(10-8-21)26(34)19-24-5-3-6-27(38-20-28(35)36)29(24)31-30(37)23-11-13-25(14-12-23)33-16-4-15-32(2)17-18-33;/h3,5-14H,4,15-20H2,1-2H3,(H,31,37)(H,35,36);1H. The number of carboxylic acids is 1. The Morgan fingerprint density at radius 2 is 1.59 bits per heavy atom. The number of halogens is 1. The molecule has 0 bridgehead atoms. The number of benzene rings is 3. The fraction of sp³-hybridized carbons (Fsp3) is 0.300. The Morgan fingerprint density at radius 1 is 0.897 bits per heavy atom. The van der Waals surface area contributed by atoms with Crippen LogP contribution in [-0.4, -0.2) is 67.5 Å². The molecule has 0 aromatic heterocycles. The molecular weight excluding hydrogens is 518 g/mol. The van der Waals surface area contributed by atoms with Crippen molar-refractivity contribution < 1.29 is 24.2 Å². The molecule has 8 nitrogen and oxygen atoms in total. The van der Waals surface area contributed by atoms with Crippen molar-refractivity contribution in [3.05, 3.63) is 89.0 Å². The van der Waals surface area contributed by atoms with Crippen LogP contribution >= 0.6 is 12.4 Å². The van der Waals surface area contributed by atoms with Crippen molar-refractivity contribution in [3.63, 3.8) is 0 Å². The van der Waals surface area contributed by atoms with Crippen LogP contribution in [0.1, 0.15) is 38.3 Å². The summed E-state index contributed by atoms with van der Waals surface area (Å²) in [6.45, 7) is 5.31. The molecule has 1 amide bonds. The molecule has 206 valence electrons. The Bertz CT molecular complexity index is 1290. The highest BCUT2D eigenvalue weighted by Gasteiger charge is 2.19. The van der Waals surface area contributed by atoms with Gasteiger partial charge < -0.3 is 25.0 Å². The lowest BCUT2D eigenvalue weighted by Crippen LogP contribution is -2.28. The maximum absolute atomic E-state index is 13.2. The van der Waals surface area contributed by atoms with Crippen molar-refractivity contribution >= 4 is 41.4 Å². The number of likely N-dealkylation sites (N-methyl/N-ethyl adjacent to an activating group) is 1. The number of hydrogen-bond donors (Lipinski definition) is 2. The number of nitrogens with zero attached hydrogens (tertiary/aromatic N) is 2. The number of carbonyl (C=O) groups excluding carboxylic acids is 2. The van der Waals surface area contributed by atoms with Gasteiger partial charge in [-0.25, -0.2) is 4.79 Å². The summed E-state index contributed by atoms with van der Waals surface area (Å²) in [5.74, 6) is -1.44. The van der Waals surface area contributed by atoms with Gasteiger partial charge in [-0.05, 0) is 62.8 Å². The summed E-state index contributed by atoms with van der Waals surface area (Å²) in [6, 6.07) is 19.7. The van der Waals surface area contributed by atoms with Crippen LogP contribution < -0.4 is 15.0 Å². The average molecular weight is 552 g/mol. The smallest absolute Gasteiger partial charge is 0.341 e. The van der Waals surface area contributed by atoms with E-state index in [4.69, 9.17) is 9.84 Å². The summed E-state index contributed by atoms with van der Waals surface area (Å²) in [5, 5.41) is 12.0. The van der Waals surface area contributed by atoms with Crippen LogP contribution in [0.5, 0.6) is 5.75 Å². The number of rotatable bonds is 9. The van der Waals surface area contributed by atoms with Gasteiger partial charge >= 0.3 is 5.97 Å². The fourth-order valence-corrected chi connectivity index (χ4v) is 4.45. The Kier molecular flexibility index (Phi) is 10.5. The maximum atomic E-state index is 13.2. The lowest BCUT2D eigenvalue weighted by atomic mass is 10.00. The second kappa shape index (κ2) is 13.8. The largest absolute Gasteiger partial charge is 0.480 e. The molecule has 9 heteroatoms. The summed E-state index contributed by atoms with van der Waals surface area (Å²) >= 11 is 0. The molecule has 1 fully saturated rings. The first-order valence-corrected chi connectivity index (χ1v) is 12.7. The lowest BCUT2D eigenvalue weighted by Gasteiger charge is -2.23. The number of para-hydroxylation sites is 1. The highest BCUT2D eigenvalue weighted by Crippen LogP contribution is 2.31. The Balaban J connectivity index is 0.00000420. The Morgan fingerprint density at radius 3 is 2.28 bits per heavy atom. The minimum Gasteiger partial charge on any atom is -0.480 e. The minimum atomic E-state index is -1.14. The maximum Gasteiger partial charge on any atom is 0.341 e. The van der Waals surface area contributed by atoms with Gasteiger partial charge in [0.2, 0.25) is 0 Å². The molecule has 1 aliphatic heterocycles. The second-order valence-electron chi connectivity index (χ2n) is 9.58. The zero-order valence-electron chi connectivity index (χ0n) is 22.2. The number of Topliss-reactive ketones (excluding diaryl/α,β-unsaturated/α-hetero) is 1. The molecule has 1 saturated heterocycles. The third-order valence-corrected chi connectivity index (χ3v) is 6.64. The molecular formula is C30H34ClN3O5. The van der Waals surface area contributed by atoms with Gasteiger partial charge in [0.05, 0.1) is 5.69 Å². The van der Waals surface area contributed by atoms with E-state index in [-0.39, 0.29) is 36.3 Å². The number of aliphatic carboxylic acids is 1. The number of carbonyl (C=O) groups is 3. The van der Waals surface area contributed by atoms with E-state index in [9.17, 15) is 14.4 Å². The van der Waals surface area contributed by atoms with Gasteiger partial charge in [0.15, 0.2) is 12.4 Å². The van der Waals surface area contributed by atoms with Crippen molar-refractivity contribution in [2.45, 2.75) is 19.8 Å². The number of hydrogen-bond acceptors (Lipinski definition) is 6. The third-order valence-electron chi connectivity index (χ3n) is 6.64. The molecule has 0 aliphatic carbocycles. The summed E-state index contributed by atoms with van der Waals surface area (Å²) in [6.07, 6.45) is 1.10. The van der Waals surface area contributed by atoms with Crippen LogP contribution in [0.15, 0.2) is 66.7 Å². The summed E-state index contributed by atoms with van der Waals surface area (Å²) in [5.41, 5.74) is 3.94. The minimum absolute atomic E-state index is 0. The average Bonchev–Trinajstić information content (AvgIpc) is 3.13. The molecule has 3 aromatic carbocycles. The molecule has 0 saturated carbocycles. The lowest BCUT2D eigenvalue weighted by molar-refractivity contribution is -0.139. The Labute approximate surface area is 235 Å². The Hall–Kier alpha value is -3.88. The van der Waals surface area contributed by atoms with Crippen LogP contribution in [0.4, 0.5) is 11.4 Å². The predicted octanol–water partition coefficient (Wildman–Crippen LogP) is 4.70. The van der Waals surface area contributed by atoms with Crippen molar-refractivity contribution in [3.8, 4) is 5.75 Å². The summed E-state index contributed by atoms with van der Waals surface area (Å²) < 4.78 is 5.46. The summed E-state index contributed by atoms with van der Waals surface area (Å²) in [7, 11) is 2.12. The molecule has 1 heterocycles. The van der Waals surface area contributed by atoms with Crippen molar-refractivity contribution in [2.75, 3.05) is 50.1 Å². The first-order valence-electron chi connectivity index (χ1n) is 12.7. The topological polar surface area (TPSA) is 99.2 Å². The molecule has 0 radical (unpaired) electrons. The molecule has 0 atom stereocenters. The number of carboxylic acid groups (broad SMARTS) is 1. The van der Waals surface area contributed by atoms with E-state index in [0.29, 0.717) is 22.4 Å². The van der Waals surface area contributed by atoms with Gasteiger partial charge in [-0.3, -0.25) is 9.59 Å². The van der Waals surface area contributed by atoms with Gasteiger partial charge in [0.25, 0.3) is 5.91 Å². The number of ketones is 1. The van der Waals surface area contributed by atoms with E-state index in [1.54, 1.807) is 42.5 Å². The second-order valence-corrected chi connectivity index (χ2v) is 9.58. The molecule has 39 heavy (non-hydrogen) atoms. The van der Waals surface area contributed by atoms with E-state index in [1.807, 2.05) is 31.2 Å². The van der Waals surface area contributed by atoms with Gasteiger partial charge in [0, 0.05) is 42.9 Å². The molecule has 0 unspecified atom stereocenters. The number of nitrogens with one attached hydrogen (secondary N) is 1. The van der Waals surface area contributed by atoms with E-state index in [1.165, 1.54) is 0 Å². The summed E-state index contributed by atoms with van der Waals surface area (Å²) in [4.78, 5) is 42.0. The van der Waals surface area contributed by atoms with Crippen molar-refractivity contribution in [2.24, 2.45) is 0 Å². The van der Waals surface area contributed by atoms with Gasteiger partial charge in [-0.1, -0.05) is 42.0 Å². The van der Waals surface area contributed by atoms with E-state index in [0.717, 1.165) is 43.9 Å². The van der Waals surface area contributed by atoms with Crippen molar-refractivity contribution in [1.29, 1.82) is 0 Å². The van der Waals surface area contributed by atoms with Crippen LogP contribution in [0, 0.1) is 6.92 Å². The molecule has 4 rings (SSSR count). The quantitative estimate of drug-likeness (QED) is 0.372. The highest BCUT2D eigenvalue weighted by atomic mass is 35.5. The first kappa shape index (κ1) is 29.7. The first-order chi connectivity index (χ1) is 18.3. The molecule has 2 N–H and O–H groups in total. The van der Waals surface area contributed by atoms with E-state index in [2.05, 4.69) is 22.2 Å². The van der Waals surface area contributed by atoms with Crippen LogP contribution in [0.2, 0.25) is 0 Å². The third kappa shape index (κ3) is 8.05. The van der Waals surface area contributed by atoms with Crippen molar-refractivity contribution in [1.82, 2.24) is 4.90 Å².